The largest absolute Gasteiger partial charge is 0.318 e. The molecule has 0 radical (unpaired) electrons. The first kappa shape index (κ1) is 16.7. The number of amides is 2. The number of hydrogen-bond acceptors (Lipinski definition) is 3. The minimum absolute atomic E-state index is 0.361. The lowest BCUT2D eigenvalue weighted by molar-refractivity contribution is -0.133. The highest BCUT2D eigenvalue weighted by Crippen LogP contribution is 2.12. The van der Waals surface area contributed by atoms with E-state index in [-0.39, 0.29) is 0 Å². The van der Waals surface area contributed by atoms with Crippen LogP contribution in [0, 0.1) is 6.92 Å². The molecule has 5 heteroatoms. The molecular formula is C18H21N3O2. The van der Waals surface area contributed by atoms with Gasteiger partial charge in [-0.3, -0.25) is 9.59 Å². The Labute approximate surface area is 136 Å². The first-order chi connectivity index (χ1) is 11.1. The summed E-state index contributed by atoms with van der Waals surface area (Å²) in [4.78, 5) is 27.8. The van der Waals surface area contributed by atoms with Gasteiger partial charge in [-0.1, -0.05) is 25.5 Å². The number of rotatable bonds is 5. The van der Waals surface area contributed by atoms with Gasteiger partial charge in [0.1, 0.15) is 5.82 Å². The summed E-state index contributed by atoms with van der Waals surface area (Å²) in [5, 5.41) is 5.06. The van der Waals surface area contributed by atoms with E-state index in [0.29, 0.717) is 11.5 Å². The lowest BCUT2D eigenvalue weighted by Crippen LogP contribution is -2.29. The fourth-order valence-electron chi connectivity index (χ4n) is 2.10. The van der Waals surface area contributed by atoms with Crippen LogP contribution in [0.4, 0.5) is 11.5 Å². The number of carbonyl (C=O) groups excluding carboxylic acids is 2. The normalized spacial score (nSPS) is 10.2. The maximum Gasteiger partial charge on any atom is 0.315 e. The molecule has 2 aromatic rings. The highest BCUT2D eigenvalue weighted by Gasteiger charge is 2.14. The summed E-state index contributed by atoms with van der Waals surface area (Å²) >= 11 is 0. The number of anilines is 2. The molecule has 0 aliphatic rings. The molecule has 0 saturated carbocycles. The van der Waals surface area contributed by atoms with E-state index in [4.69, 9.17) is 0 Å². The summed E-state index contributed by atoms with van der Waals surface area (Å²) in [6.07, 6.45) is 4.88. The van der Waals surface area contributed by atoms with Gasteiger partial charge in [-0.05, 0) is 55.2 Å². The van der Waals surface area contributed by atoms with Crippen LogP contribution < -0.4 is 10.6 Å². The van der Waals surface area contributed by atoms with E-state index >= 15 is 0 Å². The third-order valence-electron chi connectivity index (χ3n) is 3.39. The predicted octanol–water partition coefficient (Wildman–Crippen LogP) is 3.31. The van der Waals surface area contributed by atoms with E-state index in [1.807, 2.05) is 25.1 Å². The van der Waals surface area contributed by atoms with Gasteiger partial charge < -0.3 is 10.6 Å². The molecule has 5 nitrogen and oxygen atoms in total. The zero-order valence-corrected chi connectivity index (χ0v) is 13.4. The SMILES string of the molecule is CCCCc1ccc(NC(=O)C(=O)Nc2cc(C)ccn2)cc1. The van der Waals surface area contributed by atoms with E-state index in [1.165, 1.54) is 5.56 Å². The van der Waals surface area contributed by atoms with Crippen molar-refractivity contribution in [1.82, 2.24) is 4.98 Å². The van der Waals surface area contributed by atoms with Crippen molar-refractivity contribution < 1.29 is 9.59 Å². The molecule has 0 fully saturated rings. The van der Waals surface area contributed by atoms with Gasteiger partial charge >= 0.3 is 11.8 Å². The van der Waals surface area contributed by atoms with Crippen LogP contribution in [-0.2, 0) is 16.0 Å². The Hall–Kier alpha value is -2.69. The lowest BCUT2D eigenvalue weighted by Gasteiger charge is -2.07. The number of nitrogens with one attached hydrogen (secondary N) is 2. The molecule has 0 saturated heterocycles. The van der Waals surface area contributed by atoms with Crippen LogP contribution in [0.5, 0.6) is 0 Å². The first-order valence-corrected chi connectivity index (χ1v) is 7.72. The molecule has 2 N–H and O–H groups in total. The van der Waals surface area contributed by atoms with Gasteiger partial charge in [0, 0.05) is 11.9 Å². The molecule has 2 amide bonds. The monoisotopic (exact) mass is 311 g/mol. The summed E-state index contributed by atoms with van der Waals surface area (Å²) < 4.78 is 0. The molecule has 1 heterocycles. The molecule has 120 valence electrons. The van der Waals surface area contributed by atoms with Gasteiger partial charge in [0.25, 0.3) is 0 Å². The van der Waals surface area contributed by atoms with Crippen molar-refractivity contribution in [3.8, 4) is 0 Å². The van der Waals surface area contributed by atoms with Crippen molar-refractivity contribution in [3.63, 3.8) is 0 Å². The number of pyridine rings is 1. The molecule has 2 rings (SSSR count). The second-order valence-corrected chi connectivity index (χ2v) is 5.43. The number of carbonyl (C=O) groups is 2. The molecule has 1 aromatic carbocycles. The zero-order chi connectivity index (χ0) is 16.7. The Bertz CT molecular complexity index is 681. The van der Waals surface area contributed by atoms with Crippen molar-refractivity contribution in [1.29, 1.82) is 0 Å². The minimum atomic E-state index is -0.738. The summed E-state index contributed by atoms with van der Waals surface area (Å²) in [6, 6.07) is 11.1. The van der Waals surface area contributed by atoms with Gasteiger partial charge in [0.15, 0.2) is 0 Å². The number of nitrogens with zero attached hydrogens (tertiary/aromatic N) is 1. The molecule has 0 unspecified atom stereocenters. The summed E-state index contributed by atoms with van der Waals surface area (Å²) in [6.45, 7) is 4.04. The number of aromatic nitrogens is 1. The van der Waals surface area contributed by atoms with Crippen molar-refractivity contribution in [2.75, 3.05) is 10.6 Å². The average Bonchev–Trinajstić information content (AvgIpc) is 2.54. The highest BCUT2D eigenvalue weighted by molar-refractivity contribution is 6.43. The highest BCUT2D eigenvalue weighted by atomic mass is 16.2. The molecule has 23 heavy (non-hydrogen) atoms. The average molecular weight is 311 g/mol. The van der Waals surface area contributed by atoms with Gasteiger partial charge in [-0.25, -0.2) is 4.98 Å². The second kappa shape index (κ2) is 8.08. The number of unbranched alkanes of at least 4 members (excludes halogenated alkanes) is 1. The van der Waals surface area contributed by atoms with Crippen molar-refractivity contribution in [2.24, 2.45) is 0 Å². The molecular weight excluding hydrogens is 290 g/mol. The number of hydrogen-bond donors (Lipinski definition) is 2. The smallest absolute Gasteiger partial charge is 0.315 e. The van der Waals surface area contributed by atoms with Gasteiger partial charge in [0.2, 0.25) is 0 Å². The van der Waals surface area contributed by atoms with Gasteiger partial charge in [-0.2, -0.15) is 0 Å². The van der Waals surface area contributed by atoms with Crippen LogP contribution in [0.2, 0.25) is 0 Å². The third-order valence-corrected chi connectivity index (χ3v) is 3.39. The van der Waals surface area contributed by atoms with E-state index in [9.17, 15) is 9.59 Å². The maximum atomic E-state index is 11.9. The van der Waals surface area contributed by atoms with Crippen LogP contribution in [0.15, 0.2) is 42.6 Å². The van der Waals surface area contributed by atoms with Crippen LogP contribution in [-0.4, -0.2) is 16.8 Å². The number of benzene rings is 1. The quantitative estimate of drug-likeness (QED) is 0.832. The molecule has 1 aromatic heterocycles. The first-order valence-electron chi connectivity index (χ1n) is 7.72. The van der Waals surface area contributed by atoms with Crippen LogP contribution in [0.1, 0.15) is 30.9 Å². The zero-order valence-electron chi connectivity index (χ0n) is 13.4. The van der Waals surface area contributed by atoms with E-state index in [2.05, 4.69) is 22.5 Å². The van der Waals surface area contributed by atoms with Crippen molar-refractivity contribution >= 4 is 23.3 Å². The summed E-state index contributed by atoms with van der Waals surface area (Å²) in [5.74, 6) is -1.09. The molecule has 0 atom stereocenters. The fraction of sp³-hybridized carbons (Fsp3) is 0.278. The number of aryl methyl sites for hydroxylation is 2. The molecule has 0 bridgehead atoms. The van der Waals surface area contributed by atoms with Crippen LogP contribution >= 0.6 is 0 Å². The summed E-state index contributed by atoms with van der Waals surface area (Å²) in [5.41, 5.74) is 2.78. The fourth-order valence-corrected chi connectivity index (χ4v) is 2.10. The Kier molecular flexibility index (Phi) is 5.86. The standard InChI is InChI=1S/C18H21N3O2/c1-3-4-5-14-6-8-15(9-7-14)20-17(22)18(23)21-16-12-13(2)10-11-19-16/h6-12H,3-5H2,1-2H3,(H,20,22)(H,19,21,23). The molecule has 0 spiro atoms. The second-order valence-electron chi connectivity index (χ2n) is 5.43. The van der Waals surface area contributed by atoms with Gasteiger partial charge in [0.05, 0.1) is 0 Å². The lowest BCUT2D eigenvalue weighted by atomic mass is 10.1. The minimum Gasteiger partial charge on any atom is -0.318 e. The van der Waals surface area contributed by atoms with Crippen LogP contribution in [0.3, 0.4) is 0 Å². The summed E-state index contributed by atoms with van der Waals surface area (Å²) in [7, 11) is 0. The topological polar surface area (TPSA) is 71.1 Å². The Morgan fingerprint density at radius 1 is 1.04 bits per heavy atom. The Morgan fingerprint density at radius 3 is 2.39 bits per heavy atom. The predicted molar refractivity (Wildman–Crippen MR) is 91.3 cm³/mol. The van der Waals surface area contributed by atoms with Gasteiger partial charge in [-0.15, -0.1) is 0 Å². The van der Waals surface area contributed by atoms with Crippen molar-refractivity contribution in [2.45, 2.75) is 33.1 Å². The Balaban J connectivity index is 1.91. The molecule has 0 aliphatic heterocycles. The van der Waals surface area contributed by atoms with Crippen molar-refractivity contribution in [3.05, 3.63) is 53.7 Å². The van der Waals surface area contributed by atoms with Crippen LogP contribution in [0.25, 0.3) is 0 Å². The van der Waals surface area contributed by atoms with E-state index in [1.54, 1.807) is 24.4 Å². The Morgan fingerprint density at radius 2 is 1.74 bits per heavy atom. The van der Waals surface area contributed by atoms with E-state index < -0.39 is 11.8 Å². The molecule has 0 aliphatic carbocycles. The third kappa shape index (κ3) is 5.21. The van der Waals surface area contributed by atoms with E-state index in [0.717, 1.165) is 24.8 Å². The maximum absolute atomic E-state index is 11.9.